The zero-order valence-corrected chi connectivity index (χ0v) is 14.5. The molecule has 3 aromatic rings. The minimum Gasteiger partial charge on any atom is -0.448 e. The van der Waals surface area contributed by atoms with Crippen LogP contribution in [0.1, 0.15) is 15.9 Å². The van der Waals surface area contributed by atoms with Gasteiger partial charge in [0.2, 0.25) is 0 Å². The Hall–Kier alpha value is -3.61. The molecule has 136 valence electrons. The summed E-state index contributed by atoms with van der Waals surface area (Å²) in [4.78, 5) is 25.9. The molecular weight excluding hydrogens is 344 g/mol. The maximum Gasteiger partial charge on any atom is 0.410 e. The summed E-state index contributed by atoms with van der Waals surface area (Å²) in [6.07, 6.45) is 3.18. The predicted octanol–water partition coefficient (Wildman–Crippen LogP) is 3.08. The molecule has 2 heterocycles. The van der Waals surface area contributed by atoms with Crippen LogP contribution in [0.2, 0.25) is 0 Å². The fourth-order valence-corrected chi connectivity index (χ4v) is 2.96. The lowest BCUT2D eigenvalue weighted by Gasteiger charge is -2.13. The number of ether oxygens (including phenoxy) is 1. The third-order valence-corrected chi connectivity index (χ3v) is 4.33. The van der Waals surface area contributed by atoms with E-state index in [1.807, 2.05) is 48.5 Å². The zero-order valence-electron chi connectivity index (χ0n) is 14.5. The summed E-state index contributed by atoms with van der Waals surface area (Å²) >= 11 is 0. The number of carbonyl (C=O) groups is 2. The van der Waals surface area contributed by atoms with Gasteiger partial charge in [-0.1, -0.05) is 24.3 Å². The Morgan fingerprint density at radius 1 is 1.11 bits per heavy atom. The molecule has 0 radical (unpaired) electrons. The smallest absolute Gasteiger partial charge is 0.410 e. The van der Waals surface area contributed by atoms with Crippen LogP contribution in [0.4, 0.5) is 10.5 Å². The van der Waals surface area contributed by atoms with Crippen molar-refractivity contribution in [3.05, 3.63) is 78.1 Å². The number of rotatable bonds is 5. The first-order valence-electron chi connectivity index (χ1n) is 8.62. The molecule has 0 atom stereocenters. The maximum atomic E-state index is 12.7. The summed E-state index contributed by atoms with van der Waals surface area (Å²) in [5.74, 6) is -0.211. The second-order valence-corrected chi connectivity index (χ2v) is 6.15. The molecular formula is C20H18N4O3. The van der Waals surface area contributed by atoms with Gasteiger partial charge < -0.3 is 15.0 Å². The average molecular weight is 362 g/mol. The first kappa shape index (κ1) is 16.8. The van der Waals surface area contributed by atoms with Crippen molar-refractivity contribution in [2.24, 2.45) is 0 Å². The summed E-state index contributed by atoms with van der Waals surface area (Å²) in [7, 11) is 0. The van der Waals surface area contributed by atoms with Gasteiger partial charge in [0.25, 0.3) is 5.91 Å². The van der Waals surface area contributed by atoms with Crippen LogP contribution in [-0.4, -0.2) is 39.8 Å². The molecule has 1 saturated heterocycles. The Kier molecular flexibility index (Phi) is 4.57. The number of hydrogen-bond acceptors (Lipinski definition) is 4. The largest absolute Gasteiger partial charge is 0.448 e. The van der Waals surface area contributed by atoms with Crippen LogP contribution in [0, 0.1) is 0 Å². The molecule has 7 nitrogen and oxygen atoms in total. The van der Waals surface area contributed by atoms with Crippen LogP contribution in [0.3, 0.4) is 0 Å². The summed E-state index contributed by atoms with van der Waals surface area (Å²) < 4.78 is 6.59. The highest BCUT2D eigenvalue weighted by Gasteiger charge is 2.21. The normalized spacial score (nSPS) is 13.5. The van der Waals surface area contributed by atoms with E-state index in [2.05, 4.69) is 10.4 Å². The number of para-hydroxylation sites is 1. The number of anilines is 1. The van der Waals surface area contributed by atoms with E-state index in [9.17, 15) is 9.59 Å². The first-order valence-corrected chi connectivity index (χ1v) is 8.62. The van der Waals surface area contributed by atoms with Crippen molar-refractivity contribution < 1.29 is 14.3 Å². The second kappa shape index (κ2) is 7.33. The minimum atomic E-state index is -0.289. The van der Waals surface area contributed by atoms with Crippen molar-refractivity contribution in [1.82, 2.24) is 14.7 Å². The summed E-state index contributed by atoms with van der Waals surface area (Å²) in [5, 5.41) is 7.10. The number of carbonyl (C=O) groups excluding carboxylic acids is 2. The van der Waals surface area contributed by atoms with Crippen LogP contribution < -0.4 is 5.32 Å². The van der Waals surface area contributed by atoms with Gasteiger partial charge in [-0.2, -0.15) is 5.10 Å². The molecule has 2 aromatic carbocycles. The molecule has 27 heavy (non-hydrogen) atoms. The predicted molar refractivity (Wildman–Crippen MR) is 99.7 cm³/mol. The lowest BCUT2D eigenvalue weighted by Crippen LogP contribution is -2.23. The molecule has 0 aliphatic carbocycles. The van der Waals surface area contributed by atoms with Gasteiger partial charge in [0.15, 0.2) is 0 Å². The van der Waals surface area contributed by atoms with Crippen molar-refractivity contribution in [3.8, 4) is 5.69 Å². The highest BCUT2D eigenvalue weighted by molar-refractivity contribution is 6.06. The van der Waals surface area contributed by atoms with Gasteiger partial charge in [0.05, 0.1) is 17.8 Å². The Bertz CT molecular complexity index is 952. The van der Waals surface area contributed by atoms with Crippen LogP contribution in [0.15, 0.2) is 67.0 Å². The monoisotopic (exact) mass is 362 g/mol. The van der Waals surface area contributed by atoms with E-state index in [4.69, 9.17) is 4.74 Å². The summed E-state index contributed by atoms with van der Waals surface area (Å²) in [5.41, 5.74) is 2.90. The Labute approximate surface area is 156 Å². The van der Waals surface area contributed by atoms with Crippen molar-refractivity contribution in [2.75, 3.05) is 18.5 Å². The standard InChI is InChI=1S/C20H18N4O3/c25-19(17-4-1-2-5-18(17)24-11-3-10-21-24)22-16-8-6-15(7-9-16)14-23-12-13-27-20(23)26/h1-11H,12-14H2,(H,22,25). The van der Waals surface area contributed by atoms with Crippen LogP contribution in [-0.2, 0) is 11.3 Å². The molecule has 0 saturated carbocycles. The molecule has 1 N–H and O–H groups in total. The Morgan fingerprint density at radius 3 is 2.63 bits per heavy atom. The molecule has 1 aliphatic heterocycles. The van der Waals surface area contributed by atoms with E-state index in [-0.39, 0.29) is 12.0 Å². The number of cyclic esters (lactones) is 1. The highest BCUT2D eigenvalue weighted by Crippen LogP contribution is 2.18. The van der Waals surface area contributed by atoms with Gasteiger partial charge in [0.1, 0.15) is 6.61 Å². The highest BCUT2D eigenvalue weighted by atomic mass is 16.6. The quantitative estimate of drug-likeness (QED) is 0.757. The van der Waals surface area contributed by atoms with Gasteiger partial charge in [0, 0.05) is 24.6 Å². The van der Waals surface area contributed by atoms with Gasteiger partial charge >= 0.3 is 6.09 Å². The second-order valence-electron chi connectivity index (χ2n) is 6.15. The van der Waals surface area contributed by atoms with Gasteiger partial charge in [-0.05, 0) is 35.9 Å². The number of benzene rings is 2. The SMILES string of the molecule is O=C(Nc1ccc(CN2CCOC2=O)cc1)c1ccccc1-n1cccn1. The average Bonchev–Trinajstić information content (AvgIpc) is 3.36. The van der Waals surface area contributed by atoms with E-state index < -0.39 is 0 Å². The van der Waals surface area contributed by atoms with E-state index in [0.717, 1.165) is 5.56 Å². The number of nitrogens with zero attached hydrogens (tertiary/aromatic N) is 3. The molecule has 7 heteroatoms. The lowest BCUT2D eigenvalue weighted by molar-refractivity contribution is 0.102. The van der Waals surface area contributed by atoms with Gasteiger partial charge in [-0.15, -0.1) is 0 Å². The summed E-state index contributed by atoms with van der Waals surface area (Å²) in [6.45, 7) is 1.53. The lowest BCUT2D eigenvalue weighted by atomic mass is 10.1. The van der Waals surface area contributed by atoms with Crippen LogP contribution in [0.25, 0.3) is 5.69 Å². The maximum absolute atomic E-state index is 12.7. The van der Waals surface area contributed by atoms with Crippen molar-refractivity contribution in [1.29, 1.82) is 0 Å². The summed E-state index contributed by atoms with van der Waals surface area (Å²) in [6, 6.07) is 16.5. The molecule has 0 bridgehead atoms. The third-order valence-electron chi connectivity index (χ3n) is 4.33. The van der Waals surface area contributed by atoms with E-state index >= 15 is 0 Å². The zero-order chi connectivity index (χ0) is 18.6. The molecule has 1 aliphatic rings. The first-order chi connectivity index (χ1) is 13.2. The molecule has 4 rings (SSSR count). The molecule has 1 aromatic heterocycles. The van der Waals surface area contributed by atoms with Crippen LogP contribution >= 0.6 is 0 Å². The minimum absolute atomic E-state index is 0.211. The van der Waals surface area contributed by atoms with Crippen molar-refractivity contribution in [2.45, 2.75) is 6.54 Å². The molecule has 0 spiro atoms. The number of nitrogens with one attached hydrogen (secondary N) is 1. The fraction of sp³-hybridized carbons (Fsp3) is 0.150. The van der Waals surface area contributed by atoms with Gasteiger partial charge in [-0.3, -0.25) is 4.79 Å². The Morgan fingerprint density at radius 2 is 1.93 bits per heavy atom. The molecule has 2 amide bonds. The van der Waals surface area contributed by atoms with Crippen molar-refractivity contribution >= 4 is 17.7 Å². The van der Waals surface area contributed by atoms with Crippen LogP contribution in [0.5, 0.6) is 0 Å². The van der Waals surface area contributed by atoms with E-state index in [0.29, 0.717) is 36.6 Å². The fourth-order valence-electron chi connectivity index (χ4n) is 2.96. The third kappa shape index (κ3) is 3.67. The van der Waals surface area contributed by atoms with E-state index in [1.54, 1.807) is 28.0 Å². The topological polar surface area (TPSA) is 76.5 Å². The number of hydrogen-bond donors (Lipinski definition) is 1. The Balaban J connectivity index is 1.47. The van der Waals surface area contributed by atoms with E-state index in [1.165, 1.54) is 0 Å². The molecule has 1 fully saturated rings. The molecule has 0 unspecified atom stereocenters. The number of aromatic nitrogens is 2. The van der Waals surface area contributed by atoms with Crippen molar-refractivity contribution in [3.63, 3.8) is 0 Å². The van der Waals surface area contributed by atoms with Gasteiger partial charge in [-0.25, -0.2) is 9.48 Å². The number of amides is 2.